The van der Waals surface area contributed by atoms with Crippen molar-refractivity contribution in [1.29, 1.82) is 0 Å². The van der Waals surface area contributed by atoms with E-state index in [4.69, 9.17) is 10.5 Å². The minimum atomic E-state index is -5.23. The van der Waals surface area contributed by atoms with Crippen LogP contribution in [0.15, 0.2) is 30.3 Å². The molecule has 2 amide bonds. The molecule has 8 nitrogen and oxygen atoms in total. The second-order valence-electron chi connectivity index (χ2n) is 5.99. The molecule has 11 heteroatoms. The van der Waals surface area contributed by atoms with Crippen LogP contribution < -0.4 is 16.4 Å². The summed E-state index contributed by atoms with van der Waals surface area (Å²) in [6.07, 6.45) is -5.89. The van der Waals surface area contributed by atoms with Crippen LogP contribution in [0.2, 0.25) is 0 Å². The minimum absolute atomic E-state index is 0.124. The van der Waals surface area contributed by atoms with Gasteiger partial charge in [0, 0.05) is 6.54 Å². The van der Waals surface area contributed by atoms with E-state index in [-0.39, 0.29) is 19.7 Å². The summed E-state index contributed by atoms with van der Waals surface area (Å²) >= 11 is 0. The number of nitrogens with two attached hydrogens (primary N) is 1. The van der Waals surface area contributed by atoms with Crippen LogP contribution in [0.1, 0.15) is 18.9 Å². The zero-order chi connectivity index (χ0) is 21.2. The van der Waals surface area contributed by atoms with Crippen LogP contribution in [-0.4, -0.2) is 49.4 Å². The van der Waals surface area contributed by atoms with Crippen molar-refractivity contribution in [3.8, 4) is 0 Å². The van der Waals surface area contributed by atoms with Crippen molar-refractivity contribution in [2.75, 3.05) is 19.7 Å². The van der Waals surface area contributed by atoms with Gasteiger partial charge in [0.15, 0.2) is 5.54 Å². The lowest BCUT2D eigenvalue weighted by Gasteiger charge is -2.28. The highest BCUT2D eigenvalue weighted by Gasteiger charge is 2.44. The van der Waals surface area contributed by atoms with Gasteiger partial charge in [0.2, 0.25) is 5.91 Å². The molecule has 1 rings (SSSR count). The number of benzene rings is 1. The molecule has 1 aromatic carbocycles. The zero-order valence-corrected chi connectivity index (χ0v) is 15.2. The van der Waals surface area contributed by atoms with E-state index in [0.29, 0.717) is 12.0 Å². The van der Waals surface area contributed by atoms with Gasteiger partial charge in [-0.3, -0.25) is 4.79 Å². The number of esters is 1. The molecule has 0 fully saturated rings. The maximum atomic E-state index is 12.3. The first kappa shape index (κ1) is 23.2. The molecule has 156 valence electrons. The molecule has 4 N–H and O–H groups in total. The van der Waals surface area contributed by atoms with Crippen LogP contribution in [0, 0.1) is 0 Å². The third-order valence-corrected chi connectivity index (χ3v) is 3.48. The standard InChI is InChI=1S/C17H22F3N3O5/c1-16(13(24)22-9-5-8-21,11-28-14(25)17(18,19)20)23-15(26)27-10-12-6-3-2-4-7-12/h2-4,6-7H,5,8-11,21H2,1H3,(H,22,24)(H,23,26). The molecule has 1 aromatic rings. The van der Waals surface area contributed by atoms with E-state index >= 15 is 0 Å². The first-order valence-electron chi connectivity index (χ1n) is 8.29. The summed E-state index contributed by atoms with van der Waals surface area (Å²) in [6.45, 7) is 0.337. The lowest BCUT2D eigenvalue weighted by Crippen LogP contribution is -2.60. The van der Waals surface area contributed by atoms with Gasteiger partial charge in [0.05, 0.1) is 0 Å². The van der Waals surface area contributed by atoms with Gasteiger partial charge in [-0.1, -0.05) is 30.3 Å². The molecule has 0 aliphatic heterocycles. The van der Waals surface area contributed by atoms with E-state index in [0.717, 1.165) is 6.92 Å². The maximum absolute atomic E-state index is 12.3. The minimum Gasteiger partial charge on any atom is -0.456 e. The largest absolute Gasteiger partial charge is 0.490 e. The molecular formula is C17H22F3N3O5. The Kier molecular flexibility index (Phi) is 8.71. The molecule has 28 heavy (non-hydrogen) atoms. The topological polar surface area (TPSA) is 120 Å². The van der Waals surface area contributed by atoms with Crippen molar-refractivity contribution >= 4 is 18.0 Å². The van der Waals surface area contributed by atoms with E-state index < -0.39 is 36.3 Å². The Bertz CT molecular complexity index is 670. The highest BCUT2D eigenvalue weighted by Crippen LogP contribution is 2.18. The quantitative estimate of drug-likeness (QED) is 0.420. The van der Waals surface area contributed by atoms with Crippen LogP contribution in [0.3, 0.4) is 0 Å². The zero-order valence-electron chi connectivity index (χ0n) is 15.2. The molecule has 0 spiro atoms. The fourth-order valence-corrected chi connectivity index (χ4v) is 1.93. The number of halogens is 3. The lowest BCUT2D eigenvalue weighted by atomic mass is 10.0. The Hall–Kier alpha value is -2.82. The molecule has 0 bridgehead atoms. The van der Waals surface area contributed by atoms with Crippen molar-refractivity contribution in [1.82, 2.24) is 10.6 Å². The summed E-state index contributed by atoms with van der Waals surface area (Å²) in [5.74, 6) is -3.33. The van der Waals surface area contributed by atoms with Crippen molar-refractivity contribution in [3.05, 3.63) is 35.9 Å². The highest BCUT2D eigenvalue weighted by atomic mass is 19.4. The second kappa shape index (κ2) is 10.5. The number of ether oxygens (including phenoxy) is 2. The van der Waals surface area contributed by atoms with Crippen LogP contribution in [0.25, 0.3) is 0 Å². The summed E-state index contributed by atoms with van der Waals surface area (Å²) in [5.41, 5.74) is 3.99. The number of hydrogen-bond donors (Lipinski definition) is 3. The summed E-state index contributed by atoms with van der Waals surface area (Å²) in [4.78, 5) is 35.3. The smallest absolute Gasteiger partial charge is 0.456 e. The fraction of sp³-hybridized carbons (Fsp3) is 0.471. The number of nitrogens with one attached hydrogen (secondary N) is 2. The van der Waals surface area contributed by atoms with Gasteiger partial charge in [0.25, 0.3) is 0 Å². The average Bonchev–Trinajstić information content (AvgIpc) is 2.64. The van der Waals surface area contributed by atoms with Gasteiger partial charge in [-0.15, -0.1) is 0 Å². The van der Waals surface area contributed by atoms with E-state index in [9.17, 15) is 27.6 Å². The SMILES string of the molecule is CC(COC(=O)C(F)(F)F)(NC(=O)OCc1ccccc1)C(=O)NCCCN. The van der Waals surface area contributed by atoms with Crippen molar-refractivity contribution < 1.29 is 37.0 Å². The number of carbonyl (C=O) groups is 3. The second-order valence-corrected chi connectivity index (χ2v) is 5.99. The number of carbonyl (C=O) groups excluding carboxylic acids is 3. The Labute approximate surface area is 159 Å². The molecule has 0 radical (unpaired) electrons. The van der Waals surface area contributed by atoms with Gasteiger partial charge < -0.3 is 25.8 Å². The molecular weight excluding hydrogens is 383 g/mol. The molecule has 0 aromatic heterocycles. The van der Waals surface area contributed by atoms with Gasteiger partial charge >= 0.3 is 18.2 Å². The Balaban J connectivity index is 2.76. The number of rotatable bonds is 9. The number of hydrogen-bond acceptors (Lipinski definition) is 6. The van der Waals surface area contributed by atoms with Crippen LogP contribution in [0.5, 0.6) is 0 Å². The predicted molar refractivity (Wildman–Crippen MR) is 91.9 cm³/mol. The molecule has 1 unspecified atom stereocenters. The number of amides is 2. The Morgan fingerprint density at radius 2 is 1.75 bits per heavy atom. The van der Waals surface area contributed by atoms with Crippen LogP contribution in [-0.2, 0) is 25.7 Å². The first-order chi connectivity index (χ1) is 13.1. The Morgan fingerprint density at radius 1 is 1.11 bits per heavy atom. The molecule has 0 saturated carbocycles. The maximum Gasteiger partial charge on any atom is 0.490 e. The van der Waals surface area contributed by atoms with Gasteiger partial charge in [-0.05, 0) is 25.5 Å². The van der Waals surface area contributed by atoms with Crippen LogP contribution >= 0.6 is 0 Å². The van der Waals surface area contributed by atoms with E-state index in [1.807, 2.05) is 0 Å². The van der Waals surface area contributed by atoms with Gasteiger partial charge in [-0.25, -0.2) is 9.59 Å². The summed E-state index contributed by atoms with van der Waals surface area (Å²) in [6, 6.07) is 8.60. The predicted octanol–water partition coefficient (Wildman–Crippen LogP) is 1.24. The van der Waals surface area contributed by atoms with E-state index in [2.05, 4.69) is 15.4 Å². The van der Waals surface area contributed by atoms with E-state index in [1.54, 1.807) is 30.3 Å². The van der Waals surface area contributed by atoms with Crippen molar-refractivity contribution in [2.24, 2.45) is 5.73 Å². The third-order valence-electron chi connectivity index (χ3n) is 3.48. The fourth-order valence-electron chi connectivity index (χ4n) is 1.93. The average molecular weight is 405 g/mol. The third kappa shape index (κ3) is 7.82. The van der Waals surface area contributed by atoms with Gasteiger partial charge in [0.1, 0.15) is 13.2 Å². The molecule has 0 aliphatic carbocycles. The Morgan fingerprint density at radius 3 is 2.32 bits per heavy atom. The molecule has 0 heterocycles. The van der Waals surface area contributed by atoms with Crippen molar-refractivity contribution in [2.45, 2.75) is 31.7 Å². The molecule has 0 aliphatic rings. The summed E-state index contributed by atoms with van der Waals surface area (Å²) in [7, 11) is 0. The highest BCUT2D eigenvalue weighted by molar-refractivity contribution is 5.90. The number of alkyl carbamates (subject to hydrolysis) is 1. The molecule has 0 saturated heterocycles. The summed E-state index contributed by atoms with van der Waals surface area (Å²) in [5, 5.41) is 4.55. The number of alkyl halides is 3. The van der Waals surface area contributed by atoms with Crippen LogP contribution in [0.4, 0.5) is 18.0 Å². The first-order valence-corrected chi connectivity index (χ1v) is 8.29. The van der Waals surface area contributed by atoms with Crippen molar-refractivity contribution in [3.63, 3.8) is 0 Å². The van der Waals surface area contributed by atoms with E-state index in [1.165, 1.54) is 0 Å². The molecule has 1 atom stereocenters. The summed E-state index contributed by atoms with van der Waals surface area (Å²) < 4.78 is 46.1. The monoisotopic (exact) mass is 405 g/mol. The lowest BCUT2D eigenvalue weighted by molar-refractivity contribution is -0.201. The van der Waals surface area contributed by atoms with Gasteiger partial charge in [-0.2, -0.15) is 13.2 Å². The normalized spacial score (nSPS) is 13.2.